The molecule has 1 N–H and O–H groups in total. The van der Waals surface area contributed by atoms with Gasteiger partial charge in [0.05, 0.1) is 6.54 Å². The van der Waals surface area contributed by atoms with Crippen molar-refractivity contribution in [1.29, 1.82) is 0 Å². The molecule has 0 spiro atoms. The third-order valence-corrected chi connectivity index (χ3v) is 5.99. The summed E-state index contributed by atoms with van der Waals surface area (Å²) in [4.78, 5) is 11.4. The second-order valence-electron chi connectivity index (χ2n) is 5.37. The molecule has 0 saturated carbocycles. The number of fused-ring (bicyclic) bond motifs is 1. The minimum Gasteiger partial charge on any atom is -0.486 e. The van der Waals surface area contributed by atoms with Crippen LogP contribution in [0.4, 0.5) is 0 Å². The van der Waals surface area contributed by atoms with E-state index in [9.17, 15) is 18.3 Å². The topological polar surface area (TPSA) is 102 Å². The molecule has 23 heavy (non-hydrogen) atoms. The average Bonchev–Trinajstić information content (AvgIpc) is 3.01. The molecule has 126 valence electrons. The highest BCUT2D eigenvalue weighted by molar-refractivity contribution is 7.89. The first-order valence-electron chi connectivity index (χ1n) is 7.08. The number of rotatable bonds is 4. The maximum Gasteiger partial charge on any atom is 0.337 e. The molecule has 0 radical (unpaired) electrons. The largest absolute Gasteiger partial charge is 0.486 e. The Morgan fingerprint density at radius 3 is 2.74 bits per heavy atom. The third-order valence-electron chi connectivity index (χ3n) is 4.13. The summed E-state index contributed by atoms with van der Waals surface area (Å²) in [7, 11) is -2.64. The predicted octanol–water partition coefficient (Wildman–Crippen LogP) is 0.322. The van der Waals surface area contributed by atoms with E-state index in [-0.39, 0.29) is 36.8 Å². The quantitative estimate of drug-likeness (QED) is 0.840. The second kappa shape index (κ2) is 5.66. The summed E-state index contributed by atoms with van der Waals surface area (Å²) >= 11 is 0. The van der Waals surface area contributed by atoms with Gasteiger partial charge in [-0.05, 0) is 12.1 Å². The van der Waals surface area contributed by atoms with Crippen molar-refractivity contribution >= 4 is 16.0 Å². The number of carbonyl (C=O) groups is 1. The number of sulfonamides is 1. The van der Waals surface area contributed by atoms with Gasteiger partial charge in [-0.2, -0.15) is 4.31 Å². The number of nitrogens with zero attached hydrogens (tertiary/aromatic N) is 1. The zero-order valence-corrected chi connectivity index (χ0v) is 13.3. The molecule has 0 aliphatic carbocycles. The summed E-state index contributed by atoms with van der Waals surface area (Å²) in [5, 5.41) is 9.32. The first-order chi connectivity index (χ1) is 10.9. The fraction of sp³-hybridized carbons (Fsp3) is 0.500. The number of hydrogen-bond acceptors (Lipinski definition) is 6. The zero-order chi connectivity index (χ0) is 16.7. The van der Waals surface area contributed by atoms with Crippen molar-refractivity contribution in [3.05, 3.63) is 18.2 Å². The van der Waals surface area contributed by atoms with Gasteiger partial charge in [0.25, 0.3) is 0 Å². The van der Waals surface area contributed by atoms with Crippen molar-refractivity contribution in [1.82, 2.24) is 4.31 Å². The first-order valence-corrected chi connectivity index (χ1v) is 8.52. The number of hydrogen-bond donors (Lipinski definition) is 1. The van der Waals surface area contributed by atoms with Gasteiger partial charge >= 0.3 is 5.97 Å². The molecular weight excluding hydrogens is 326 g/mol. The van der Waals surface area contributed by atoms with Crippen LogP contribution in [-0.2, 0) is 19.6 Å². The normalized spacial score (nSPS) is 24.6. The fourth-order valence-electron chi connectivity index (χ4n) is 2.77. The van der Waals surface area contributed by atoms with Gasteiger partial charge < -0.3 is 19.3 Å². The maximum absolute atomic E-state index is 12.9. The Morgan fingerprint density at radius 2 is 2.09 bits per heavy atom. The Balaban J connectivity index is 1.96. The molecule has 8 nitrogen and oxygen atoms in total. The lowest BCUT2D eigenvalue weighted by Gasteiger charge is -2.25. The van der Waals surface area contributed by atoms with Crippen molar-refractivity contribution in [3.8, 4) is 11.5 Å². The zero-order valence-electron chi connectivity index (χ0n) is 12.5. The van der Waals surface area contributed by atoms with Crippen LogP contribution in [0.15, 0.2) is 23.1 Å². The van der Waals surface area contributed by atoms with Crippen molar-refractivity contribution in [2.45, 2.75) is 16.9 Å². The fourth-order valence-corrected chi connectivity index (χ4v) is 4.40. The Bertz CT molecular complexity index is 733. The van der Waals surface area contributed by atoms with E-state index in [0.29, 0.717) is 12.4 Å². The number of benzene rings is 1. The molecule has 2 aliphatic rings. The molecule has 1 fully saturated rings. The standard InChI is InChI=1S/C14H17NO7S/c1-20-14(13(16)17)5-6-15(9-14)23(18,19)11-4-2-3-10-12(11)22-8-7-21-10/h2-4H,5-9H2,1H3,(H,16,17). The number of para-hydroxylation sites is 1. The summed E-state index contributed by atoms with van der Waals surface area (Å²) in [6.45, 7) is 0.432. The number of methoxy groups -OCH3 is 1. The Morgan fingerprint density at radius 1 is 1.35 bits per heavy atom. The number of ether oxygens (including phenoxy) is 3. The van der Waals surface area contributed by atoms with E-state index < -0.39 is 21.6 Å². The molecule has 0 bridgehead atoms. The highest BCUT2D eigenvalue weighted by atomic mass is 32.2. The molecule has 1 saturated heterocycles. The molecule has 3 rings (SSSR count). The Labute approximate surface area is 133 Å². The smallest absolute Gasteiger partial charge is 0.337 e. The van der Waals surface area contributed by atoms with Crippen molar-refractivity contribution < 1.29 is 32.5 Å². The van der Waals surface area contributed by atoms with Crippen molar-refractivity contribution in [2.75, 3.05) is 33.4 Å². The summed E-state index contributed by atoms with van der Waals surface area (Å²) in [5.74, 6) is -0.635. The molecular formula is C14H17NO7S. The van der Waals surface area contributed by atoms with E-state index in [1.165, 1.54) is 13.2 Å². The van der Waals surface area contributed by atoms with Gasteiger partial charge in [0.1, 0.15) is 18.1 Å². The second-order valence-corrected chi connectivity index (χ2v) is 7.28. The Kier molecular flexibility index (Phi) is 3.95. The van der Waals surface area contributed by atoms with E-state index in [4.69, 9.17) is 14.2 Å². The van der Waals surface area contributed by atoms with Gasteiger partial charge in [-0.15, -0.1) is 0 Å². The molecule has 1 atom stereocenters. The monoisotopic (exact) mass is 343 g/mol. The van der Waals surface area contributed by atoms with Gasteiger partial charge in [0.2, 0.25) is 10.0 Å². The third kappa shape index (κ3) is 2.54. The molecule has 0 amide bonds. The van der Waals surface area contributed by atoms with E-state index in [1.807, 2.05) is 0 Å². The van der Waals surface area contributed by atoms with Crippen LogP contribution in [0.5, 0.6) is 11.5 Å². The van der Waals surface area contributed by atoms with Crippen molar-refractivity contribution in [2.24, 2.45) is 0 Å². The van der Waals surface area contributed by atoms with E-state index in [0.717, 1.165) is 4.31 Å². The van der Waals surface area contributed by atoms with E-state index in [2.05, 4.69) is 0 Å². The molecule has 2 aliphatic heterocycles. The van der Waals surface area contributed by atoms with Crippen LogP contribution in [0, 0.1) is 0 Å². The highest BCUT2D eigenvalue weighted by Gasteiger charge is 2.49. The van der Waals surface area contributed by atoms with Gasteiger partial charge in [-0.3, -0.25) is 0 Å². The van der Waals surface area contributed by atoms with Crippen LogP contribution in [0.25, 0.3) is 0 Å². The summed E-state index contributed by atoms with van der Waals surface area (Å²) < 4.78 is 42.8. The van der Waals surface area contributed by atoms with Crippen molar-refractivity contribution in [3.63, 3.8) is 0 Å². The van der Waals surface area contributed by atoms with E-state index >= 15 is 0 Å². The lowest BCUT2D eigenvalue weighted by molar-refractivity contribution is -0.160. The van der Waals surface area contributed by atoms with Crippen LogP contribution < -0.4 is 9.47 Å². The summed E-state index contributed by atoms with van der Waals surface area (Å²) in [6, 6.07) is 4.63. The molecule has 1 aromatic rings. The summed E-state index contributed by atoms with van der Waals surface area (Å²) in [6.07, 6.45) is 0.0877. The van der Waals surface area contributed by atoms with Crippen LogP contribution in [0.1, 0.15) is 6.42 Å². The number of carboxylic acid groups (broad SMARTS) is 1. The van der Waals surface area contributed by atoms with Crippen LogP contribution >= 0.6 is 0 Å². The van der Waals surface area contributed by atoms with Gasteiger partial charge in [-0.25, -0.2) is 13.2 Å². The van der Waals surface area contributed by atoms with E-state index in [1.54, 1.807) is 12.1 Å². The van der Waals surface area contributed by atoms with Gasteiger partial charge in [-0.1, -0.05) is 6.07 Å². The summed E-state index contributed by atoms with van der Waals surface area (Å²) in [5.41, 5.74) is -1.51. The molecule has 2 heterocycles. The van der Waals surface area contributed by atoms with Gasteiger partial charge in [0, 0.05) is 20.1 Å². The first kappa shape index (κ1) is 16.0. The lowest BCUT2D eigenvalue weighted by atomic mass is 10.0. The molecule has 1 unspecified atom stereocenters. The lowest BCUT2D eigenvalue weighted by Crippen LogP contribution is -2.44. The highest BCUT2D eigenvalue weighted by Crippen LogP contribution is 2.39. The minimum absolute atomic E-state index is 0.0213. The SMILES string of the molecule is COC1(C(=O)O)CCN(S(=O)(=O)c2cccc3c2OCCO3)C1. The van der Waals surface area contributed by atoms with Crippen LogP contribution in [0.3, 0.4) is 0 Å². The number of carboxylic acids is 1. The molecule has 1 aromatic carbocycles. The predicted molar refractivity (Wildman–Crippen MR) is 78.2 cm³/mol. The molecule has 9 heteroatoms. The minimum atomic E-state index is -3.91. The number of aliphatic carboxylic acids is 1. The Hall–Kier alpha value is -1.84. The van der Waals surface area contributed by atoms with Crippen LogP contribution in [-0.4, -0.2) is 62.8 Å². The molecule has 0 aromatic heterocycles. The average molecular weight is 343 g/mol. The van der Waals surface area contributed by atoms with Crippen LogP contribution in [0.2, 0.25) is 0 Å². The van der Waals surface area contributed by atoms with Gasteiger partial charge in [0.15, 0.2) is 17.1 Å². The maximum atomic E-state index is 12.9.